The van der Waals surface area contributed by atoms with Crippen molar-refractivity contribution < 1.29 is 9.47 Å². The van der Waals surface area contributed by atoms with Gasteiger partial charge in [0.2, 0.25) is 0 Å². The Morgan fingerprint density at radius 1 is 1.15 bits per heavy atom. The minimum absolute atomic E-state index is 0.127. The van der Waals surface area contributed by atoms with Crippen molar-refractivity contribution in [2.24, 2.45) is 5.73 Å². The number of rotatable bonds is 5. The molecule has 0 amide bonds. The van der Waals surface area contributed by atoms with E-state index in [1.54, 1.807) is 0 Å². The predicted molar refractivity (Wildman–Crippen MR) is 105 cm³/mol. The topological polar surface area (TPSA) is 83.6 Å². The van der Waals surface area contributed by atoms with Gasteiger partial charge in [-0.3, -0.25) is 5.41 Å². The zero-order chi connectivity index (χ0) is 18.6. The molecular weight excluding hydrogens is 340 g/mol. The lowest BCUT2D eigenvalue weighted by atomic mass is 10.00. The molecule has 2 aliphatic heterocycles. The maximum atomic E-state index is 7.62. The van der Waals surface area contributed by atoms with Crippen LogP contribution in [0.15, 0.2) is 42.5 Å². The van der Waals surface area contributed by atoms with Crippen LogP contribution < -0.4 is 20.5 Å². The van der Waals surface area contributed by atoms with Gasteiger partial charge in [-0.05, 0) is 60.3 Å². The maximum absolute atomic E-state index is 7.62. The summed E-state index contributed by atoms with van der Waals surface area (Å²) in [7, 11) is 0. The number of nitrogens with one attached hydrogen (secondary N) is 2. The molecule has 0 radical (unpaired) electrons. The van der Waals surface area contributed by atoms with Crippen LogP contribution in [-0.4, -0.2) is 36.6 Å². The Kier molecular flexibility index (Phi) is 5.16. The van der Waals surface area contributed by atoms with Gasteiger partial charge in [0.25, 0.3) is 0 Å². The van der Waals surface area contributed by atoms with Crippen molar-refractivity contribution >= 4 is 5.96 Å². The van der Waals surface area contributed by atoms with Crippen molar-refractivity contribution in [1.29, 1.82) is 5.41 Å². The number of benzene rings is 2. The number of fused-ring (bicyclic) bond motifs is 1. The highest BCUT2D eigenvalue weighted by molar-refractivity contribution is 5.75. The lowest BCUT2D eigenvalue weighted by molar-refractivity contribution is 0.223. The van der Waals surface area contributed by atoms with Gasteiger partial charge >= 0.3 is 0 Å². The Morgan fingerprint density at radius 2 is 1.96 bits per heavy atom. The van der Waals surface area contributed by atoms with Crippen molar-refractivity contribution in [3.63, 3.8) is 0 Å². The highest BCUT2D eigenvalue weighted by atomic mass is 16.5. The molecule has 1 unspecified atom stereocenters. The SMILES string of the molecule is N=C(N)N1CCc2ccc(OCc3ccc(OC4CCNC4)cc3)cc2C1. The summed E-state index contributed by atoms with van der Waals surface area (Å²) in [6.45, 7) is 3.93. The van der Waals surface area contributed by atoms with Gasteiger partial charge in [-0.25, -0.2) is 0 Å². The van der Waals surface area contributed by atoms with Crippen molar-refractivity contribution in [2.75, 3.05) is 19.6 Å². The molecule has 142 valence electrons. The maximum Gasteiger partial charge on any atom is 0.188 e. The van der Waals surface area contributed by atoms with Crippen LogP contribution in [0, 0.1) is 5.41 Å². The van der Waals surface area contributed by atoms with Crippen molar-refractivity contribution in [3.8, 4) is 11.5 Å². The quantitative estimate of drug-likeness (QED) is 0.558. The summed E-state index contributed by atoms with van der Waals surface area (Å²) in [5.74, 6) is 1.88. The summed E-state index contributed by atoms with van der Waals surface area (Å²) >= 11 is 0. The molecule has 2 aliphatic rings. The normalized spacial score (nSPS) is 18.8. The number of nitrogens with two attached hydrogens (primary N) is 1. The summed E-state index contributed by atoms with van der Waals surface area (Å²) in [6, 6.07) is 14.3. The third-order valence-corrected chi connectivity index (χ3v) is 5.18. The van der Waals surface area contributed by atoms with E-state index in [2.05, 4.69) is 17.4 Å². The Hall–Kier alpha value is -2.73. The second-order valence-electron chi connectivity index (χ2n) is 7.15. The molecule has 2 aromatic carbocycles. The Morgan fingerprint density at radius 3 is 2.70 bits per heavy atom. The van der Waals surface area contributed by atoms with Gasteiger partial charge in [0.15, 0.2) is 5.96 Å². The average molecular weight is 366 g/mol. The first-order chi connectivity index (χ1) is 13.2. The molecule has 1 atom stereocenters. The van der Waals surface area contributed by atoms with E-state index in [1.807, 2.05) is 35.2 Å². The van der Waals surface area contributed by atoms with E-state index in [4.69, 9.17) is 20.6 Å². The minimum Gasteiger partial charge on any atom is -0.489 e. The number of hydrogen-bond acceptors (Lipinski definition) is 4. The molecule has 4 N–H and O–H groups in total. The Bertz CT molecular complexity index is 800. The van der Waals surface area contributed by atoms with E-state index in [9.17, 15) is 0 Å². The van der Waals surface area contributed by atoms with Crippen LogP contribution in [-0.2, 0) is 19.6 Å². The van der Waals surface area contributed by atoms with Gasteiger partial charge in [-0.15, -0.1) is 0 Å². The average Bonchev–Trinajstić information content (AvgIpc) is 3.20. The largest absolute Gasteiger partial charge is 0.489 e. The lowest BCUT2D eigenvalue weighted by Crippen LogP contribution is -2.40. The fourth-order valence-electron chi connectivity index (χ4n) is 3.58. The highest BCUT2D eigenvalue weighted by Crippen LogP contribution is 2.25. The number of guanidine groups is 1. The smallest absolute Gasteiger partial charge is 0.188 e. The molecule has 0 aromatic heterocycles. The molecule has 2 heterocycles. The first kappa shape index (κ1) is 17.7. The summed E-state index contributed by atoms with van der Waals surface area (Å²) < 4.78 is 11.9. The van der Waals surface area contributed by atoms with Gasteiger partial charge in [0.05, 0.1) is 0 Å². The molecule has 0 bridgehead atoms. The fraction of sp³-hybridized carbons (Fsp3) is 0.381. The van der Waals surface area contributed by atoms with Crippen LogP contribution in [0.4, 0.5) is 0 Å². The van der Waals surface area contributed by atoms with E-state index >= 15 is 0 Å². The molecule has 0 spiro atoms. The lowest BCUT2D eigenvalue weighted by Gasteiger charge is -2.29. The van der Waals surface area contributed by atoms with Crippen LogP contribution in [0.1, 0.15) is 23.1 Å². The third kappa shape index (κ3) is 4.34. The number of ether oxygens (including phenoxy) is 2. The summed E-state index contributed by atoms with van der Waals surface area (Å²) in [4.78, 5) is 1.88. The van der Waals surface area contributed by atoms with Crippen LogP contribution in [0.2, 0.25) is 0 Å². The zero-order valence-corrected chi connectivity index (χ0v) is 15.4. The zero-order valence-electron chi connectivity index (χ0n) is 15.4. The van der Waals surface area contributed by atoms with Gasteiger partial charge in [-0.2, -0.15) is 0 Å². The summed E-state index contributed by atoms with van der Waals surface area (Å²) in [5, 5.41) is 10.9. The van der Waals surface area contributed by atoms with E-state index < -0.39 is 0 Å². The highest BCUT2D eigenvalue weighted by Gasteiger charge is 2.18. The Balaban J connectivity index is 1.34. The van der Waals surface area contributed by atoms with Crippen LogP contribution in [0.3, 0.4) is 0 Å². The molecular formula is C21H26N4O2. The van der Waals surface area contributed by atoms with Crippen molar-refractivity contribution in [1.82, 2.24) is 10.2 Å². The first-order valence-corrected chi connectivity index (χ1v) is 9.47. The van der Waals surface area contributed by atoms with Crippen LogP contribution >= 0.6 is 0 Å². The third-order valence-electron chi connectivity index (χ3n) is 5.18. The van der Waals surface area contributed by atoms with E-state index in [-0.39, 0.29) is 12.1 Å². The second kappa shape index (κ2) is 7.88. The molecule has 4 rings (SSSR count). The minimum atomic E-state index is 0.127. The predicted octanol–water partition coefficient (Wildman–Crippen LogP) is 2.26. The molecule has 1 fully saturated rings. The number of nitrogens with zero attached hydrogens (tertiary/aromatic N) is 1. The van der Waals surface area contributed by atoms with Gasteiger partial charge in [0, 0.05) is 19.6 Å². The van der Waals surface area contributed by atoms with E-state index in [1.165, 1.54) is 11.1 Å². The monoisotopic (exact) mass is 366 g/mol. The molecule has 1 saturated heterocycles. The van der Waals surface area contributed by atoms with Gasteiger partial charge in [0.1, 0.15) is 24.2 Å². The Labute approximate surface area is 159 Å². The molecule has 0 saturated carbocycles. The second-order valence-corrected chi connectivity index (χ2v) is 7.15. The molecule has 27 heavy (non-hydrogen) atoms. The summed E-state index contributed by atoms with van der Waals surface area (Å²) in [5.41, 5.74) is 9.22. The molecule has 6 nitrogen and oxygen atoms in total. The van der Waals surface area contributed by atoms with Crippen molar-refractivity contribution in [3.05, 3.63) is 59.2 Å². The number of hydrogen-bond donors (Lipinski definition) is 3. The van der Waals surface area contributed by atoms with E-state index in [0.717, 1.165) is 49.5 Å². The van der Waals surface area contributed by atoms with Crippen LogP contribution in [0.5, 0.6) is 11.5 Å². The van der Waals surface area contributed by atoms with Crippen LogP contribution in [0.25, 0.3) is 0 Å². The first-order valence-electron chi connectivity index (χ1n) is 9.47. The fourth-order valence-corrected chi connectivity index (χ4v) is 3.58. The van der Waals surface area contributed by atoms with Gasteiger partial charge in [-0.1, -0.05) is 18.2 Å². The standard InChI is InChI=1S/C21H26N4O2/c22-21(23)25-10-8-16-3-6-19(11-17(16)13-25)26-14-15-1-4-18(5-2-15)27-20-7-9-24-12-20/h1-6,11,20,24H,7-10,12-14H2,(H3,22,23). The van der Waals surface area contributed by atoms with Crippen molar-refractivity contribution in [2.45, 2.75) is 32.1 Å². The summed E-state index contributed by atoms with van der Waals surface area (Å²) in [6.07, 6.45) is 2.24. The molecule has 2 aromatic rings. The van der Waals surface area contributed by atoms with Gasteiger partial charge < -0.3 is 25.4 Å². The van der Waals surface area contributed by atoms with E-state index in [0.29, 0.717) is 13.2 Å². The molecule has 0 aliphatic carbocycles. The molecule has 6 heteroatoms.